The Morgan fingerprint density at radius 2 is 1.40 bits per heavy atom. The van der Waals surface area contributed by atoms with Gasteiger partial charge in [0.2, 0.25) is 0 Å². The number of hydrogen-bond acceptors (Lipinski definition) is 5. The first-order chi connectivity index (χ1) is 14.5. The Morgan fingerprint density at radius 3 is 1.97 bits per heavy atom. The molecule has 7 nitrogen and oxygen atoms in total. The number of aromatic hydroxyl groups is 1. The van der Waals surface area contributed by atoms with Crippen LogP contribution in [-0.4, -0.2) is 36.8 Å². The molecular weight excluding hydrogens is 380 g/mol. The first-order valence-electron chi connectivity index (χ1n) is 9.58. The van der Waals surface area contributed by atoms with Gasteiger partial charge >= 0.3 is 0 Å². The number of phenolic OH excluding ortho intramolecular Hbond substituents is 1. The van der Waals surface area contributed by atoms with Gasteiger partial charge in [-0.3, -0.25) is 14.5 Å². The zero-order valence-electron chi connectivity index (χ0n) is 16.4. The number of phenols is 1. The van der Waals surface area contributed by atoms with Crippen LogP contribution in [0.1, 0.15) is 44.8 Å². The fraction of sp³-hybridized carbons (Fsp3) is 0.130. The molecule has 0 radical (unpaired) electrons. The Morgan fingerprint density at radius 1 is 0.867 bits per heavy atom. The molecule has 0 spiro atoms. The third-order valence-electron chi connectivity index (χ3n) is 5.43. The van der Waals surface area contributed by atoms with Crippen LogP contribution in [0.3, 0.4) is 0 Å². The molecule has 148 valence electrons. The lowest BCUT2D eigenvalue weighted by atomic mass is 10.0. The van der Waals surface area contributed by atoms with Gasteiger partial charge in [0.05, 0.1) is 17.2 Å². The van der Waals surface area contributed by atoms with E-state index in [1.165, 1.54) is 9.70 Å². The number of aryl methyl sites for hydroxylation is 1. The molecule has 0 aliphatic carbocycles. The van der Waals surface area contributed by atoms with Crippen LogP contribution in [0.25, 0.3) is 16.7 Å². The average Bonchev–Trinajstić information content (AvgIpc) is 3.28. The van der Waals surface area contributed by atoms with Gasteiger partial charge in [0.15, 0.2) is 0 Å². The van der Waals surface area contributed by atoms with Crippen molar-refractivity contribution in [3.05, 3.63) is 82.9 Å². The van der Waals surface area contributed by atoms with E-state index in [1.54, 1.807) is 43.3 Å². The van der Waals surface area contributed by atoms with Crippen molar-refractivity contribution in [1.29, 1.82) is 0 Å². The molecule has 7 heteroatoms. The van der Waals surface area contributed by atoms with Crippen LogP contribution in [0.15, 0.2) is 60.7 Å². The van der Waals surface area contributed by atoms with E-state index in [9.17, 15) is 14.7 Å². The van der Waals surface area contributed by atoms with Gasteiger partial charge < -0.3 is 5.11 Å². The molecule has 1 N–H and O–H groups in total. The molecule has 30 heavy (non-hydrogen) atoms. The number of imide groups is 1. The molecule has 1 atom stereocenters. The summed E-state index contributed by atoms with van der Waals surface area (Å²) in [5.74, 6) is -0.799. The summed E-state index contributed by atoms with van der Waals surface area (Å²) in [4.78, 5) is 28.3. The molecule has 5 rings (SSSR count). The predicted octanol–water partition coefficient (Wildman–Crippen LogP) is 3.79. The van der Waals surface area contributed by atoms with Crippen molar-refractivity contribution in [2.45, 2.75) is 19.9 Å². The Bertz CT molecular complexity index is 1270. The molecule has 0 saturated heterocycles. The first kappa shape index (κ1) is 18.1. The highest BCUT2D eigenvalue weighted by molar-refractivity contribution is 6.21. The van der Waals surface area contributed by atoms with E-state index in [1.807, 2.05) is 31.2 Å². The summed E-state index contributed by atoms with van der Waals surface area (Å²) in [5.41, 5.74) is 3.86. The number of nitrogens with zero attached hydrogens (tertiary/aromatic N) is 4. The maximum Gasteiger partial charge on any atom is 0.262 e. The minimum Gasteiger partial charge on any atom is -0.505 e. The lowest BCUT2D eigenvalue weighted by Crippen LogP contribution is -2.32. The largest absolute Gasteiger partial charge is 0.505 e. The number of hydrogen-bond donors (Lipinski definition) is 1. The topological polar surface area (TPSA) is 88.3 Å². The zero-order valence-corrected chi connectivity index (χ0v) is 16.4. The summed E-state index contributed by atoms with van der Waals surface area (Å²) < 4.78 is 0. The van der Waals surface area contributed by atoms with Crippen LogP contribution in [0.4, 0.5) is 0 Å². The Labute approximate surface area is 172 Å². The fourth-order valence-corrected chi connectivity index (χ4v) is 3.92. The molecule has 0 fully saturated rings. The van der Waals surface area contributed by atoms with Gasteiger partial charge in [0.1, 0.15) is 22.5 Å². The number of rotatable bonds is 3. The molecule has 3 aromatic carbocycles. The number of carbonyl (C=O) groups excluding carboxylic acids is 2. The number of amides is 2. The van der Waals surface area contributed by atoms with Gasteiger partial charge in [0, 0.05) is 5.56 Å². The number of benzene rings is 3. The number of fused-ring (bicyclic) bond motifs is 2. The third-order valence-corrected chi connectivity index (χ3v) is 5.43. The van der Waals surface area contributed by atoms with Crippen LogP contribution in [0.5, 0.6) is 5.75 Å². The molecule has 2 amide bonds. The van der Waals surface area contributed by atoms with Crippen molar-refractivity contribution in [1.82, 2.24) is 19.9 Å². The van der Waals surface area contributed by atoms with Gasteiger partial charge in [-0.25, -0.2) is 0 Å². The number of aromatic nitrogens is 3. The van der Waals surface area contributed by atoms with Crippen molar-refractivity contribution in [2.24, 2.45) is 0 Å². The van der Waals surface area contributed by atoms with Gasteiger partial charge in [-0.15, -0.1) is 15.0 Å². The molecule has 1 aliphatic rings. The molecule has 1 aromatic heterocycles. The van der Waals surface area contributed by atoms with E-state index in [4.69, 9.17) is 0 Å². The highest BCUT2D eigenvalue weighted by atomic mass is 16.3. The van der Waals surface area contributed by atoms with Crippen molar-refractivity contribution >= 4 is 22.8 Å². The zero-order chi connectivity index (χ0) is 21.0. The van der Waals surface area contributed by atoms with Crippen LogP contribution in [-0.2, 0) is 0 Å². The summed E-state index contributed by atoms with van der Waals surface area (Å²) in [5, 5.41) is 19.9. The lowest BCUT2D eigenvalue weighted by molar-refractivity contribution is 0.0594. The van der Waals surface area contributed by atoms with Crippen molar-refractivity contribution in [3.8, 4) is 11.4 Å². The summed E-state index contributed by atoms with van der Waals surface area (Å²) in [6.45, 7) is 3.61. The fourth-order valence-electron chi connectivity index (χ4n) is 3.92. The van der Waals surface area contributed by atoms with Crippen LogP contribution >= 0.6 is 0 Å². The Kier molecular flexibility index (Phi) is 3.92. The van der Waals surface area contributed by atoms with Crippen LogP contribution < -0.4 is 0 Å². The standard InChI is InChI=1S/C23H18N4O3/c1-13-11-17(14(2)26-22(29)15-7-3-4-8-16(15)23(26)30)21(28)20(12-13)27-24-18-9-5-6-10-19(18)25-27/h3-12,14,28H,1-2H3. The molecule has 1 unspecified atom stereocenters. The smallest absolute Gasteiger partial charge is 0.262 e. The number of carbonyl (C=O) groups is 2. The second-order valence-corrected chi connectivity index (χ2v) is 7.40. The molecule has 0 bridgehead atoms. The molecule has 2 heterocycles. The van der Waals surface area contributed by atoms with E-state index in [0.717, 1.165) is 5.56 Å². The summed E-state index contributed by atoms with van der Waals surface area (Å²) >= 11 is 0. The van der Waals surface area contributed by atoms with E-state index < -0.39 is 6.04 Å². The van der Waals surface area contributed by atoms with E-state index in [0.29, 0.717) is 33.4 Å². The molecular formula is C23H18N4O3. The van der Waals surface area contributed by atoms with Gasteiger partial charge in [-0.1, -0.05) is 30.3 Å². The van der Waals surface area contributed by atoms with E-state index in [-0.39, 0.29) is 17.6 Å². The molecule has 1 aliphatic heterocycles. The molecule has 4 aromatic rings. The van der Waals surface area contributed by atoms with Crippen molar-refractivity contribution in [3.63, 3.8) is 0 Å². The summed E-state index contributed by atoms with van der Waals surface area (Å²) in [6.07, 6.45) is 0. The second-order valence-electron chi connectivity index (χ2n) is 7.40. The highest BCUT2D eigenvalue weighted by Crippen LogP contribution is 2.38. The second kappa shape index (κ2) is 6.52. The van der Waals surface area contributed by atoms with Crippen LogP contribution in [0, 0.1) is 6.92 Å². The van der Waals surface area contributed by atoms with Gasteiger partial charge in [-0.2, -0.15) is 0 Å². The lowest BCUT2D eigenvalue weighted by Gasteiger charge is -2.24. The predicted molar refractivity (Wildman–Crippen MR) is 111 cm³/mol. The summed E-state index contributed by atoms with van der Waals surface area (Å²) in [6, 6.07) is 17.0. The SMILES string of the molecule is Cc1cc(C(C)N2C(=O)c3ccccc3C2=O)c(O)c(-n2nc3ccccc3n2)c1. The normalized spacial score (nSPS) is 14.4. The van der Waals surface area contributed by atoms with Gasteiger partial charge in [0.25, 0.3) is 11.8 Å². The van der Waals surface area contributed by atoms with E-state index >= 15 is 0 Å². The maximum absolute atomic E-state index is 12.9. The summed E-state index contributed by atoms with van der Waals surface area (Å²) in [7, 11) is 0. The average molecular weight is 398 g/mol. The molecule has 0 saturated carbocycles. The Hall–Kier alpha value is -4.00. The van der Waals surface area contributed by atoms with Crippen molar-refractivity contribution < 1.29 is 14.7 Å². The minimum absolute atomic E-state index is 0.0648. The van der Waals surface area contributed by atoms with Crippen molar-refractivity contribution in [2.75, 3.05) is 0 Å². The van der Waals surface area contributed by atoms with Gasteiger partial charge in [-0.05, 0) is 49.7 Å². The minimum atomic E-state index is -0.666. The monoisotopic (exact) mass is 398 g/mol. The van der Waals surface area contributed by atoms with Crippen LogP contribution in [0.2, 0.25) is 0 Å². The maximum atomic E-state index is 12.9. The van der Waals surface area contributed by atoms with E-state index in [2.05, 4.69) is 10.2 Å². The highest BCUT2D eigenvalue weighted by Gasteiger charge is 2.39. The quantitative estimate of drug-likeness (QED) is 0.531. The third kappa shape index (κ3) is 2.59. The first-order valence-corrected chi connectivity index (χ1v) is 9.58. The Balaban J connectivity index is 1.60.